The van der Waals surface area contributed by atoms with Crippen LogP contribution in [0.1, 0.15) is 11.1 Å². The second kappa shape index (κ2) is 4.32. The number of benzene rings is 1. The highest BCUT2D eigenvalue weighted by Crippen LogP contribution is 2.12. The Bertz CT molecular complexity index is 507. The third-order valence-electron chi connectivity index (χ3n) is 1.49. The van der Waals surface area contributed by atoms with Crippen molar-refractivity contribution >= 4 is 32.4 Å². The first kappa shape index (κ1) is 11.5. The predicted molar refractivity (Wildman–Crippen MR) is 65.6 cm³/mol. The van der Waals surface area contributed by atoms with Crippen molar-refractivity contribution in [2.45, 2.75) is 6.92 Å². The van der Waals surface area contributed by atoms with E-state index in [0.717, 1.165) is 21.0 Å². The van der Waals surface area contributed by atoms with Crippen molar-refractivity contribution in [3.05, 3.63) is 32.9 Å². The van der Waals surface area contributed by atoms with Gasteiger partial charge in [-0.1, -0.05) is 6.07 Å². The average molecular weight is 320 g/mol. The van der Waals surface area contributed by atoms with Crippen LogP contribution in [-0.4, -0.2) is 14.7 Å². The van der Waals surface area contributed by atoms with E-state index in [-0.39, 0.29) is 0 Å². The molecule has 0 atom stereocenters. The van der Waals surface area contributed by atoms with Crippen LogP contribution in [0.2, 0.25) is 0 Å². The van der Waals surface area contributed by atoms with Gasteiger partial charge >= 0.3 is 0 Å². The Kier molecular flexibility index (Phi) is 3.56. The Morgan fingerprint density at radius 1 is 1.36 bits per heavy atom. The summed E-state index contributed by atoms with van der Waals surface area (Å²) in [6.45, 7) is 1.95. The lowest BCUT2D eigenvalue weighted by Gasteiger charge is -1.96. The van der Waals surface area contributed by atoms with E-state index in [0.29, 0.717) is 0 Å². The zero-order valence-electron chi connectivity index (χ0n) is 7.83. The molecule has 0 aliphatic carbocycles. The Morgan fingerprint density at radius 2 is 2.00 bits per heavy atom. The third kappa shape index (κ3) is 3.68. The lowest BCUT2D eigenvalue weighted by Crippen LogP contribution is -1.90. The van der Waals surface area contributed by atoms with E-state index in [1.54, 1.807) is 0 Å². The molecule has 14 heavy (non-hydrogen) atoms. The molecule has 0 radical (unpaired) electrons. The summed E-state index contributed by atoms with van der Waals surface area (Å²) in [5.41, 5.74) is 1.83. The topological polar surface area (TPSA) is 34.1 Å². The molecule has 0 spiro atoms. The first-order valence-corrected chi connectivity index (χ1v) is 6.84. The fourth-order valence-corrected chi connectivity index (χ4v) is 1.65. The van der Waals surface area contributed by atoms with E-state index >= 15 is 0 Å². The van der Waals surface area contributed by atoms with Gasteiger partial charge in [0.2, 0.25) is 9.84 Å². The van der Waals surface area contributed by atoms with Crippen molar-refractivity contribution in [3.63, 3.8) is 0 Å². The van der Waals surface area contributed by atoms with Crippen LogP contribution >= 0.6 is 22.6 Å². The molecule has 0 N–H and O–H groups in total. The van der Waals surface area contributed by atoms with Gasteiger partial charge in [0.25, 0.3) is 0 Å². The molecule has 0 aliphatic heterocycles. The van der Waals surface area contributed by atoms with Gasteiger partial charge in [-0.3, -0.25) is 0 Å². The van der Waals surface area contributed by atoms with Crippen LogP contribution < -0.4 is 0 Å². The average Bonchev–Trinajstić information content (AvgIpc) is 2.05. The minimum Gasteiger partial charge on any atom is -0.216 e. The standard InChI is InChI=1S/C10H9IO2S/c1-8-3-4-10(11)9(7-8)5-6-14(2,12)13/h3-4,7H,1-2H3. The summed E-state index contributed by atoms with van der Waals surface area (Å²) in [6, 6.07) is 5.76. The molecule has 0 amide bonds. The van der Waals surface area contributed by atoms with Crippen LogP contribution in [0.15, 0.2) is 18.2 Å². The molecule has 0 saturated heterocycles. The van der Waals surface area contributed by atoms with Crippen LogP contribution in [0.5, 0.6) is 0 Å². The first-order chi connectivity index (χ1) is 6.38. The van der Waals surface area contributed by atoms with Crippen molar-refractivity contribution in [1.29, 1.82) is 0 Å². The van der Waals surface area contributed by atoms with Crippen molar-refractivity contribution in [3.8, 4) is 11.2 Å². The van der Waals surface area contributed by atoms with Gasteiger partial charge in [-0.05, 0) is 53.1 Å². The maximum atomic E-state index is 10.8. The largest absolute Gasteiger partial charge is 0.216 e. The molecular weight excluding hydrogens is 311 g/mol. The quantitative estimate of drug-likeness (QED) is 0.541. The van der Waals surface area contributed by atoms with Gasteiger partial charge in [0, 0.05) is 14.4 Å². The highest BCUT2D eigenvalue weighted by atomic mass is 127. The minimum absolute atomic E-state index is 0.760. The van der Waals surface area contributed by atoms with E-state index in [2.05, 4.69) is 33.8 Å². The van der Waals surface area contributed by atoms with Crippen molar-refractivity contribution in [1.82, 2.24) is 0 Å². The van der Waals surface area contributed by atoms with Gasteiger partial charge in [-0.15, -0.1) is 0 Å². The Balaban J connectivity index is 3.19. The lowest BCUT2D eigenvalue weighted by atomic mass is 10.1. The van der Waals surface area contributed by atoms with Gasteiger partial charge in [0.1, 0.15) is 0 Å². The van der Waals surface area contributed by atoms with E-state index in [9.17, 15) is 8.42 Å². The first-order valence-electron chi connectivity index (χ1n) is 3.87. The molecule has 0 aliphatic rings. The fourth-order valence-electron chi connectivity index (χ4n) is 0.883. The molecule has 0 fully saturated rings. The third-order valence-corrected chi connectivity index (χ3v) is 2.91. The lowest BCUT2D eigenvalue weighted by molar-refractivity contribution is 0.611. The van der Waals surface area contributed by atoms with Gasteiger partial charge in [-0.2, -0.15) is 0 Å². The zero-order chi connectivity index (χ0) is 10.8. The van der Waals surface area contributed by atoms with E-state index in [1.165, 1.54) is 0 Å². The van der Waals surface area contributed by atoms with Crippen molar-refractivity contribution in [2.75, 3.05) is 6.26 Å². The molecule has 4 heteroatoms. The maximum Gasteiger partial charge on any atom is 0.214 e. The fraction of sp³-hybridized carbons (Fsp3) is 0.200. The number of sulfone groups is 1. The molecule has 1 aromatic rings. The second-order valence-corrected chi connectivity index (χ2v) is 5.89. The molecule has 0 unspecified atom stereocenters. The summed E-state index contributed by atoms with van der Waals surface area (Å²) >= 11 is 2.13. The Hall–Kier alpha value is -0.540. The SMILES string of the molecule is Cc1ccc(I)c(C#CS(C)(=O)=O)c1. The summed E-state index contributed by atoms with van der Waals surface area (Å²) in [7, 11) is -3.22. The number of rotatable bonds is 0. The van der Waals surface area contributed by atoms with Crippen LogP contribution in [0.4, 0.5) is 0 Å². The molecule has 0 heterocycles. The summed E-state index contributed by atoms with van der Waals surface area (Å²) < 4.78 is 22.6. The number of hydrogen-bond donors (Lipinski definition) is 0. The predicted octanol–water partition coefficient (Wildman–Crippen LogP) is 1.95. The zero-order valence-corrected chi connectivity index (χ0v) is 10.8. The number of hydrogen-bond acceptors (Lipinski definition) is 2. The molecule has 0 saturated carbocycles. The van der Waals surface area contributed by atoms with E-state index in [1.807, 2.05) is 25.1 Å². The van der Waals surface area contributed by atoms with Gasteiger partial charge in [-0.25, -0.2) is 8.42 Å². The molecule has 1 aromatic carbocycles. The van der Waals surface area contributed by atoms with E-state index in [4.69, 9.17) is 0 Å². The number of aryl methyl sites for hydroxylation is 1. The normalized spacial score (nSPS) is 10.5. The van der Waals surface area contributed by atoms with Crippen molar-refractivity contribution in [2.24, 2.45) is 0 Å². The Morgan fingerprint density at radius 3 is 2.57 bits per heavy atom. The van der Waals surface area contributed by atoms with E-state index < -0.39 is 9.84 Å². The molecule has 0 aromatic heterocycles. The smallest absolute Gasteiger partial charge is 0.214 e. The summed E-state index contributed by atoms with van der Waals surface area (Å²) in [4.78, 5) is 0. The molecule has 74 valence electrons. The number of halogens is 1. The molecule has 2 nitrogen and oxygen atoms in total. The maximum absolute atomic E-state index is 10.8. The summed E-state index contributed by atoms with van der Waals surface area (Å²) in [5, 5.41) is 2.22. The van der Waals surface area contributed by atoms with Gasteiger partial charge in [0.05, 0.1) is 6.26 Å². The highest BCUT2D eigenvalue weighted by molar-refractivity contribution is 14.1. The Labute approximate surface area is 97.8 Å². The van der Waals surface area contributed by atoms with Gasteiger partial charge < -0.3 is 0 Å². The monoisotopic (exact) mass is 320 g/mol. The van der Waals surface area contributed by atoms with Crippen LogP contribution in [0.3, 0.4) is 0 Å². The summed E-state index contributed by atoms with van der Waals surface area (Å²) in [5.74, 6) is 2.65. The molecular formula is C10H9IO2S. The molecule has 1 rings (SSSR count). The summed E-state index contributed by atoms with van der Waals surface area (Å²) in [6.07, 6.45) is 1.10. The highest BCUT2D eigenvalue weighted by Gasteiger charge is 1.97. The second-order valence-electron chi connectivity index (χ2n) is 2.98. The van der Waals surface area contributed by atoms with Crippen LogP contribution in [0, 0.1) is 21.7 Å². The van der Waals surface area contributed by atoms with Gasteiger partial charge in [0.15, 0.2) is 0 Å². The van der Waals surface area contributed by atoms with Crippen molar-refractivity contribution < 1.29 is 8.42 Å². The molecule has 0 bridgehead atoms. The van der Waals surface area contributed by atoms with Crippen LogP contribution in [-0.2, 0) is 9.84 Å². The van der Waals surface area contributed by atoms with Crippen LogP contribution in [0.25, 0.3) is 0 Å². The minimum atomic E-state index is -3.22.